The zero-order valence-electron chi connectivity index (χ0n) is 9.81. The first kappa shape index (κ1) is 12.9. The highest BCUT2D eigenvalue weighted by atomic mass is 19.1. The highest BCUT2D eigenvalue weighted by Gasteiger charge is 2.00. The molecule has 1 aromatic heterocycles. The van der Waals surface area contributed by atoms with Crippen LogP contribution in [-0.2, 0) is 4.79 Å². The van der Waals surface area contributed by atoms with Gasteiger partial charge in [-0.15, -0.1) is 0 Å². The number of nitrogens with zero attached hydrogens (tertiary/aromatic N) is 1. The van der Waals surface area contributed by atoms with Crippen LogP contribution in [0.3, 0.4) is 0 Å². The van der Waals surface area contributed by atoms with Gasteiger partial charge in [0.2, 0.25) is 11.9 Å². The van der Waals surface area contributed by atoms with Crippen LogP contribution in [0, 0.1) is 11.8 Å². The second-order valence-corrected chi connectivity index (χ2v) is 3.72. The van der Waals surface area contributed by atoms with Gasteiger partial charge in [0.15, 0.2) is 0 Å². The van der Waals surface area contributed by atoms with Crippen LogP contribution >= 0.6 is 0 Å². The molecule has 0 aliphatic rings. The van der Waals surface area contributed by atoms with Crippen LogP contribution in [0.1, 0.15) is 5.56 Å². The molecule has 0 radical (unpaired) electrons. The lowest BCUT2D eigenvalue weighted by molar-refractivity contribution is -0.111. The normalized spacial score (nSPS) is 10.6. The van der Waals surface area contributed by atoms with Crippen LogP contribution < -0.4 is 5.32 Å². The molecule has 0 spiro atoms. The summed E-state index contributed by atoms with van der Waals surface area (Å²) >= 11 is 0. The molecular weight excluding hydrogens is 250 g/mol. The van der Waals surface area contributed by atoms with Crippen molar-refractivity contribution in [2.24, 2.45) is 0 Å². The number of hydrogen-bond donors (Lipinski definition) is 1. The van der Waals surface area contributed by atoms with Gasteiger partial charge in [0.05, 0.1) is 0 Å². The number of hydrogen-bond acceptors (Lipinski definition) is 2. The van der Waals surface area contributed by atoms with E-state index in [1.807, 2.05) is 0 Å². The molecule has 3 nitrogen and oxygen atoms in total. The van der Waals surface area contributed by atoms with Gasteiger partial charge in [0.25, 0.3) is 0 Å². The molecule has 19 heavy (non-hydrogen) atoms. The summed E-state index contributed by atoms with van der Waals surface area (Å²) in [5, 5.41) is 2.41. The molecule has 0 aliphatic heterocycles. The van der Waals surface area contributed by atoms with Crippen molar-refractivity contribution in [3.05, 3.63) is 65.9 Å². The third kappa shape index (κ3) is 3.99. The lowest BCUT2D eigenvalue weighted by atomic mass is 10.2. The maximum atomic E-state index is 12.8. The van der Waals surface area contributed by atoms with Crippen molar-refractivity contribution in [3.8, 4) is 0 Å². The smallest absolute Gasteiger partial charge is 0.249 e. The van der Waals surface area contributed by atoms with E-state index in [2.05, 4.69) is 10.3 Å². The molecule has 0 unspecified atom stereocenters. The molecule has 0 atom stereocenters. The Kier molecular flexibility index (Phi) is 3.97. The van der Waals surface area contributed by atoms with E-state index in [0.717, 1.165) is 0 Å². The number of nitrogens with one attached hydrogen (secondary N) is 1. The maximum absolute atomic E-state index is 12.8. The van der Waals surface area contributed by atoms with E-state index in [9.17, 15) is 13.6 Å². The highest BCUT2D eigenvalue weighted by Crippen LogP contribution is 2.06. The lowest BCUT2D eigenvalue weighted by Gasteiger charge is -2.00. The first-order valence-corrected chi connectivity index (χ1v) is 5.51. The van der Waals surface area contributed by atoms with E-state index in [-0.39, 0.29) is 11.6 Å². The third-order valence-corrected chi connectivity index (χ3v) is 2.26. The summed E-state index contributed by atoms with van der Waals surface area (Å²) in [4.78, 5) is 15.0. The van der Waals surface area contributed by atoms with Gasteiger partial charge in [-0.25, -0.2) is 9.37 Å². The van der Waals surface area contributed by atoms with Crippen molar-refractivity contribution < 1.29 is 13.6 Å². The molecule has 96 valence electrons. The molecule has 1 aromatic carbocycles. The molecule has 2 aromatic rings. The van der Waals surface area contributed by atoms with Gasteiger partial charge in [-0.3, -0.25) is 4.79 Å². The maximum Gasteiger partial charge on any atom is 0.249 e. The van der Waals surface area contributed by atoms with Crippen molar-refractivity contribution in [1.82, 2.24) is 4.98 Å². The van der Waals surface area contributed by atoms with E-state index >= 15 is 0 Å². The van der Waals surface area contributed by atoms with E-state index in [1.165, 1.54) is 42.5 Å². The first-order valence-electron chi connectivity index (χ1n) is 5.51. The summed E-state index contributed by atoms with van der Waals surface area (Å²) in [5.74, 6) is -1.32. The minimum atomic E-state index is -0.666. The van der Waals surface area contributed by atoms with E-state index < -0.39 is 11.9 Å². The molecule has 0 saturated carbocycles. The number of anilines is 1. The van der Waals surface area contributed by atoms with Crippen molar-refractivity contribution in [3.63, 3.8) is 0 Å². The van der Waals surface area contributed by atoms with Crippen molar-refractivity contribution in [2.75, 3.05) is 5.32 Å². The number of amides is 1. The molecule has 1 amide bonds. The molecule has 0 bridgehead atoms. The van der Waals surface area contributed by atoms with Gasteiger partial charge < -0.3 is 5.32 Å². The van der Waals surface area contributed by atoms with Gasteiger partial charge >= 0.3 is 0 Å². The van der Waals surface area contributed by atoms with Crippen LogP contribution in [0.25, 0.3) is 6.08 Å². The van der Waals surface area contributed by atoms with Crippen molar-refractivity contribution in [2.45, 2.75) is 0 Å². The van der Waals surface area contributed by atoms with Crippen LogP contribution in [0.5, 0.6) is 0 Å². The molecule has 1 N–H and O–H groups in total. The molecule has 0 saturated heterocycles. The average Bonchev–Trinajstić information content (AvgIpc) is 2.38. The minimum Gasteiger partial charge on any atom is -0.307 e. The van der Waals surface area contributed by atoms with Crippen molar-refractivity contribution >= 4 is 17.8 Å². The number of halogens is 2. The van der Waals surface area contributed by atoms with Crippen LogP contribution in [0.15, 0.2) is 48.5 Å². The summed E-state index contributed by atoms with van der Waals surface area (Å²) in [6, 6.07) is 9.79. The van der Waals surface area contributed by atoms with E-state index in [4.69, 9.17) is 0 Å². The van der Waals surface area contributed by atoms with Gasteiger partial charge in [0, 0.05) is 6.08 Å². The first-order chi connectivity index (χ1) is 9.13. The lowest BCUT2D eigenvalue weighted by Crippen LogP contribution is -2.09. The Morgan fingerprint density at radius 1 is 1.11 bits per heavy atom. The predicted molar refractivity (Wildman–Crippen MR) is 68.3 cm³/mol. The van der Waals surface area contributed by atoms with E-state index in [1.54, 1.807) is 12.1 Å². The number of rotatable bonds is 3. The Hall–Kier alpha value is -2.56. The molecule has 0 aliphatic carbocycles. The molecule has 5 heteroatoms. The summed E-state index contributed by atoms with van der Waals surface area (Å²) in [6.07, 6.45) is 2.79. The van der Waals surface area contributed by atoms with Gasteiger partial charge in [-0.2, -0.15) is 4.39 Å². The fourth-order valence-electron chi connectivity index (χ4n) is 1.39. The second kappa shape index (κ2) is 5.86. The number of carbonyl (C=O) groups is 1. The molecule has 2 rings (SSSR count). The second-order valence-electron chi connectivity index (χ2n) is 3.72. The zero-order chi connectivity index (χ0) is 13.7. The molecular formula is C14H10F2N2O. The van der Waals surface area contributed by atoms with Crippen molar-refractivity contribution in [1.29, 1.82) is 0 Å². The van der Waals surface area contributed by atoms with Crippen LogP contribution in [0.4, 0.5) is 14.6 Å². The summed E-state index contributed by atoms with van der Waals surface area (Å²) in [6.45, 7) is 0. The Morgan fingerprint density at radius 3 is 2.53 bits per heavy atom. The molecule has 0 fully saturated rings. The van der Waals surface area contributed by atoms with Gasteiger partial charge in [-0.1, -0.05) is 18.2 Å². The predicted octanol–water partition coefficient (Wildman–Crippen LogP) is 3.01. The number of benzene rings is 1. The number of aromatic nitrogens is 1. The fraction of sp³-hybridized carbons (Fsp3) is 0. The number of pyridine rings is 1. The fourth-order valence-corrected chi connectivity index (χ4v) is 1.39. The SMILES string of the molecule is O=C(/C=C/c1ccc(F)cc1)Nc1cccc(F)n1. The summed E-state index contributed by atoms with van der Waals surface area (Å²) in [5.41, 5.74) is 0.684. The third-order valence-electron chi connectivity index (χ3n) is 2.26. The Balaban J connectivity index is 1.99. The summed E-state index contributed by atoms with van der Waals surface area (Å²) < 4.78 is 25.5. The Morgan fingerprint density at radius 2 is 1.84 bits per heavy atom. The quantitative estimate of drug-likeness (QED) is 0.681. The van der Waals surface area contributed by atoms with Crippen LogP contribution in [0.2, 0.25) is 0 Å². The van der Waals surface area contributed by atoms with Gasteiger partial charge in [0.1, 0.15) is 11.6 Å². The minimum absolute atomic E-state index is 0.133. The standard InChI is InChI=1S/C14H10F2N2O/c15-11-7-4-10(5-8-11)6-9-14(19)18-13-3-1-2-12(16)17-13/h1-9H,(H,17,18,19)/b9-6+. The number of carbonyl (C=O) groups excluding carboxylic acids is 1. The Bertz CT molecular complexity index is 609. The highest BCUT2D eigenvalue weighted by molar-refractivity contribution is 6.01. The van der Waals surface area contributed by atoms with Gasteiger partial charge in [-0.05, 0) is 35.9 Å². The Labute approximate surface area is 108 Å². The summed E-state index contributed by atoms with van der Waals surface area (Å²) in [7, 11) is 0. The average molecular weight is 260 g/mol. The monoisotopic (exact) mass is 260 g/mol. The zero-order valence-corrected chi connectivity index (χ0v) is 9.81. The molecule has 1 heterocycles. The van der Waals surface area contributed by atoms with Crippen LogP contribution in [-0.4, -0.2) is 10.9 Å². The van der Waals surface area contributed by atoms with E-state index in [0.29, 0.717) is 5.56 Å². The largest absolute Gasteiger partial charge is 0.307 e. The topological polar surface area (TPSA) is 42.0 Å².